The van der Waals surface area contributed by atoms with Gasteiger partial charge in [-0.3, -0.25) is 4.79 Å². The van der Waals surface area contributed by atoms with Crippen molar-refractivity contribution in [2.75, 3.05) is 39.3 Å². The number of nitrogens with zero attached hydrogens (tertiary/aromatic N) is 2. The second kappa shape index (κ2) is 4.94. The molecule has 17 heavy (non-hydrogen) atoms. The summed E-state index contributed by atoms with van der Waals surface area (Å²) in [6.45, 7) is 9.29. The Hall–Kier alpha value is -0.610. The van der Waals surface area contributed by atoms with Gasteiger partial charge in [0.2, 0.25) is 5.91 Å². The highest BCUT2D eigenvalue weighted by Gasteiger charge is 2.44. The summed E-state index contributed by atoms with van der Waals surface area (Å²) in [6.07, 6.45) is 2.31. The van der Waals surface area contributed by atoms with Crippen molar-refractivity contribution >= 4 is 5.91 Å². The van der Waals surface area contributed by atoms with Crippen LogP contribution in [0.2, 0.25) is 0 Å². The number of rotatable bonds is 3. The number of amides is 1. The lowest BCUT2D eigenvalue weighted by Crippen LogP contribution is -2.35. The fraction of sp³-hybridized carbons (Fsp3) is 0.923. The van der Waals surface area contributed by atoms with Crippen LogP contribution in [-0.4, -0.2) is 60.1 Å². The molecule has 1 spiro atoms. The van der Waals surface area contributed by atoms with E-state index in [4.69, 9.17) is 5.11 Å². The van der Waals surface area contributed by atoms with Crippen molar-refractivity contribution in [2.24, 2.45) is 11.3 Å². The second-order valence-corrected chi connectivity index (χ2v) is 6.10. The van der Waals surface area contributed by atoms with E-state index in [1.54, 1.807) is 0 Å². The highest BCUT2D eigenvalue weighted by atomic mass is 16.3. The lowest BCUT2D eigenvalue weighted by molar-refractivity contribution is -0.133. The summed E-state index contributed by atoms with van der Waals surface area (Å²) in [5.74, 6) is 0.603. The molecule has 98 valence electrons. The molecule has 0 radical (unpaired) electrons. The third-order valence-electron chi connectivity index (χ3n) is 4.07. The molecule has 0 aromatic carbocycles. The van der Waals surface area contributed by atoms with Crippen molar-refractivity contribution in [1.82, 2.24) is 9.80 Å². The zero-order valence-corrected chi connectivity index (χ0v) is 11.0. The zero-order chi connectivity index (χ0) is 12.5. The average Bonchev–Trinajstić information content (AvgIpc) is 2.85. The molecular weight excluding hydrogens is 216 g/mol. The van der Waals surface area contributed by atoms with E-state index in [9.17, 15) is 4.79 Å². The van der Waals surface area contributed by atoms with E-state index in [0.717, 1.165) is 32.6 Å². The molecule has 2 aliphatic rings. The van der Waals surface area contributed by atoms with Crippen molar-refractivity contribution in [3.05, 3.63) is 0 Å². The van der Waals surface area contributed by atoms with Crippen LogP contribution in [-0.2, 0) is 4.79 Å². The van der Waals surface area contributed by atoms with Gasteiger partial charge in [-0.05, 0) is 25.3 Å². The molecule has 1 atom stereocenters. The topological polar surface area (TPSA) is 43.8 Å². The summed E-state index contributed by atoms with van der Waals surface area (Å²) in [5.41, 5.74) is 0.319. The quantitative estimate of drug-likeness (QED) is 0.784. The molecule has 2 saturated heterocycles. The van der Waals surface area contributed by atoms with Gasteiger partial charge in [0.25, 0.3) is 0 Å². The maximum absolute atomic E-state index is 11.5. The van der Waals surface area contributed by atoms with E-state index >= 15 is 0 Å². The standard InChI is InChI=1S/C13H24N2O2/c1-11(2)7-14-5-3-13(9-14)4-6-15(10-13)12(17)8-16/h11,16H,3-10H2,1-2H3. The molecule has 4 nitrogen and oxygen atoms in total. The predicted molar refractivity (Wildman–Crippen MR) is 66.6 cm³/mol. The Kier molecular flexibility index (Phi) is 3.73. The number of likely N-dealkylation sites (tertiary alicyclic amines) is 2. The lowest BCUT2D eigenvalue weighted by Gasteiger charge is -2.25. The van der Waals surface area contributed by atoms with Crippen LogP contribution in [0.25, 0.3) is 0 Å². The Bertz CT molecular complexity index is 293. The van der Waals surface area contributed by atoms with Gasteiger partial charge in [-0.25, -0.2) is 0 Å². The van der Waals surface area contributed by atoms with Crippen molar-refractivity contribution in [2.45, 2.75) is 26.7 Å². The Morgan fingerprint density at radius 2 is 2.00 bits per heavy atom. The smallest absolute Gasteiger partial charge is 0.248 e. The summed E-state index contributed by atoms with van der Waals surface area (Å²) in [6, 6.07) is 0. The molecule has 4 heteroatoms. The summed E-state index contributed by atoms with van der Waals surface area (Å²) in [4.78, 5) is 15.8. The van der Waals surface area contributed by atoms with E-state index in [1.165, 1.54) is 13.0 Å². The van der Waals surface area contributed by atoms with Crippen LogP contribution in [0.3, 0.4) is 0 Å². The molecule has 1 unspecified atom stereocenters. The van der Waals surface area contributed by atoms with Gasteiger partial charge in [-0.2, -0.15) is 0 Å². The van der Waals surface area contributed by atoms with Crippen LogP contribution in [0.15, 0.2) is 0 Å². The van der Waals surface area contributed by atoms with Gasteiger partial charge >= 0.3 is 0 Å². The molecule has 2 heterocycles. The predicted octanol–water partition coefficient (Wildman–Crippen LogP) is 0.559. The van der Waals surface area contributed by atoms with Gasteiger partial charge in [0.05, 0.1) is 0 Å². The van der Waals surface area contributed by atoms with E-state index in [2.05, 4.69) is 18.7 Å². The minimum absolute atomic E-state index is 0.107. The van der Waals surface area contributed by atoms with Crippen LogP contribution >= 0.6 is 0 Å². The molecule has 0 aliphatic carbocycles. The highest BCUT2D eigenvalue weighted by Crippen LogP contribution is 2.39. The van der Waals surface area contributed by atoms with E-state index in [1.807, 2.05) is 4.90 Å². The van der Waals surface area contributed by atoms with Gasteiger partial charge < -0.3 is 14.9 Å². The number of aliphatic hydroxyl groups excluding tert-OH is 1. The van der Waals surface area contributed by atoms with Gasteiger partial charge in [0.1, 0.15) is 6.61 Å². The first-order valence-corrected chi connectivity index (χ1v) is 6.66. The number of hydrogen-bond acceptors (Lipinski definition) is 3. The van der Waals surface area contributed by atoms with E-state index in [0.29, 0.717) is 11.3 Å². The molecule has 2 rings (SSSR count). The van der Waals surface area contributed by atoms with E-state index < -0.39 is 0 Å². The van der Waals surface area contributed by atoms with Gasteiger partial charge in [-0.15, -0.1) is 0 Å². The molecule has 0 bridgehead atoms. The van der Waals surface area contributed by atoms with Crippen molar-refractivity contribution in [3.8, 4) is 0 Å². The highest BCUT2D eigenvalue weighted by molar-refractivity contribution is 5.77. The van der Waals surface area contributed by atoms with Gasteiger partial charge in [-0.1, -0.05) is 13.8 Å². The third kappa shape index (κ3) is 2.80. The van der Waals surface area contributed by atoms with Gasteiger partial charge in [0.15, 0.2) is 0 Å². The maximum Gasteiger partial charge on any atom is 0.248 e. The van der Waals surface area contributed by atoms with Gasteiger partial charge in [0, 0.05) is 31.6 Å². The Labute approximate surface area is 104 Å². The minimum Gasteiger partial charge on any atom is -0.387 e. The number of hydrogen-bond donors (Lipinski definition) is 1. The fourth-order valence-electron chi connectivity index (χ4n) is 3.28. The van der Waals surface area contributed by atoms with E-state index in [-0.39, 0.29) is 12.5 Å². The summed E-state index contributed by atoms with van der Waals surface area (Å²) in [7, 11) is 0. The molecule has 0 aromatic rings. The second-order valence-electron chi connectivity index (χ2n) is 6.10. The average molecular weight is 240 g/mol. The van der Waals surface area contributed by atoms with Crippen molar-refractivity contribution < 1.29 is 9.90 Å². The largest absolute Gasteiger partial charge is 0.387 e. The molecule has 0 aromatic heterocycles. The summed E-state index contributed by atoms with van der Waals surface area (Å²) < 4.78 is 0. The minimum atomic E-state index is -0.341. The Balaban J connectivity index is 1.89. The van der Waals surface area contributed by atoms with Crippen LogP contribution < -0.4 is 0 Å². The first-order chi connectivity index (χ1) is 8.04. The lowest BCUT2D eigenvalue weighted by atomic mass is 9.86. The number of aliphatic hydroxyl groups is 1. The van der Waals surface area contributed by atoms with Crippen LogP contribution in [0.5, 0.6) is 0 Å². The Morgan fingerprint density at radius 3 is 2.65 bits per heavy atom. The summed E-state index contributed by atoms with van der Waals surface area (Å²) >= 11 is 0. The molecule has 1 N–H and O–H groups in total. The molecule has 1 amide bonds. The van der Waals surface area contributed by atoms with Crippen molar-refractivity contribution in [1.29, 1.82) is 0 Å². The molecule has 0 saturated carbocycles. The molecule has 2 aliphatic heterocycles. The maximum atomic E-state index is 11.5. The monoisotopic (exact) mass is 240 g/mol. The first-order valence-electron chi connectivity index (χ1n) is 6.66. The van der Waals surface area contributed by atoms with Crippen molar-refractivity contribution in [3.63, 3.8) is 0 Å². The Morgan fingerprint density at radius 1 is 1.29 bits per heavy atom. The first kappa shape index (κ1) is 12.8. The normalized spacial score (nSPS) is 29.8. The van der Waals surface area contributed by atoms with Crippen LogP contribution in [0.4, 0.5) is 0 Å². The summed E-state index contributed by atoms with van der Waals surface area (Å²) in [5, 5.41) is 8.90. The molecular formula is C13H24N2O2. The third-order valence-corrected chi connectivity index (χ3v) is 4.07. The number of carbonyl (C=O) groups is 1. The van der Waals surface area contributed by atoms with Crippen LogP contribution in [0, 0.1) is 11.3 Å². The van der Waals surface area contributed by atoms with Crippen LogP contribution in [0.1, 0.15) is 26.7 Å². The fourth-order valence-corrected chi connectivity index (χ4v) is 3.28. The molecule has 2 fully saturated rings. The number of carbonyl (C=O) groups excluding carboxylic acids is 1. The SMILES string of the molecule is CC(C)CN1CCC2(CCN(C(=O)CO)C2)C1. The zero-order valence-electron chi connectivity index (χ0n) is 11.0.